The zero-order valence-electron chi connectivity index (χ0n) is 14.2. The van der Waals surface area contributed by atoms with Gasteiger partial charge in [-0.15, -0.1) is 0 Å². The van der Waals surface area contributed by atoms with Gasteiger partial charge in [-0.25, -0.2) is 9.97 Å². The predicted molar refractivity (Wildman–Crippen MR) is 97.9 cm³/mol. The summed E-state index contributed by atoms with van der Waals surface area (Å²) in [4.78, 5) is 22.3. The summed E-state index contributed by atoms with van der Waals surface area (Å²) in [5, 5.41) is 27.5. The van der Waals surface area contributed by atoms with Crippen LogP contribution in [0.2, 0.25) is 0 Å². The van der Waals surface area contributed by atoms with Crippen molar-refractivity contribution in [3.05, 3.63) is 64.2 Å². The minimum Gasteiger partial charge on any atom is -0.346 e. The summed E-state index contributed by atoms with van der Waals surface area (Å²) in [6, 6.07) is 10.1. The summed E-state index contributed by atoms with van der Waals surface area (Å²) in [6.45, 7) is 0.534. The molecule has 0 saturated carbocycles. The van der Waals surface area contributed by atoms with E-state index >= 15 is 0 Å². The van der Waals surface area contributed by atoms with Gasteiger partial charge in [-0.2, -0.15) is 10.4 Å². The maximum Gasteiger partial charge on any atom is 0.269 e. The molecule has 2 aromatic heterocycles. The number of nitro benzene ring substituents is 1. The maximum absolute atomic E-state index is 11.1. The lowest BCUT2D eigenvalue weighted by molar-refractivity contribution is -0.385. The Bertz CT molecular complexity index is 1070. The van der Waals surface area contributed by atoms with Gasteiger partial charge in [0.25, 0.3) is 5.69 Å². The summed E-state index contributed by atoms with van der Waals surface area (Å²) in [7, 11) is 0. The number of H-pyrrole nitrogens is 1. The summed E-state index contributed by atoms with van der Waals surface area (Å²) in [5.41, 5.74) is 2.32. The number of benzene rings is 1. The molecule has 0 aliphatic carbocycles. The van der Waals surface area contributed by atoms with E-state index in [9.17, 15) is 15.4 Å². The first-order valence-electron chi connectivity index (χ1n) is 8.37. The van der Waals surface area contributed by atoms with Crippen LogP contribution in [0.25, 0.3) is 11.0 Å². The lowest BCUT2D eigenvalue weighted by Crippen LogP contribution is -2.24. The molecule has 9 nitrogen and oxygen atoms in total. The van der Waals surface area contributed by atoms with Gasteiger partial charge in [0.2, 0.25) is 0 Å². The fraction of sp³-hybridized carbons (Fsp3) is 0.222. The number of nitrogens with zero attached hydrogens (tertiary/aromatic N) is 6. The van der Waals surface area contributed by atoms with E-state index in [1.165, 1.54) is 18.5 Å². The Balaban J connectivity index is 1.62. The third kappa shape index (κ3) is 3.08. The largest absolute Gasteiger partial charge is 0.346 e. The molecule has 2 unspecified atom stereocenters. The average molecular weight is 361 g/mol. The number of nitrogens with one attached hydrogen (secondary N) is 1. The average Bonchev–Trinajstić information content (AvgIpc) is 3.35. The number of nitro groups is 1. The molecule has 1 aromatic carbocycles. The zero-order chi connectivity index (χ0) is 18.8. The van der Waals surface area contributed by atoms with Crippen LogP contribution in [0.5, 0.6) is 0 Å². The molecule has 3 heterocycles. The fourth-order valence-electron chi connectivity index (χ4n) is 3.34. The molecule has 0 fully saturated rings. The molecule has 0 amide bonds. The third-order valence-corrected chi connectivity index (χ3v) is 4.62. The summed E-state index contributed by atoms with van der Waals surface area (Å²) in [5.74, 6) is -0.0498. The van der Waals surface area contributed by atoms with E-state index in [0.717, 1.165) is 16.7 Å². The van der Waals surface area contributed by atoms with Crippen LogP contribution in [0.15, 0.2) is 48.0 Å². The molecular formula is C18H15N7O2. The van der Waals surface area contributed by atoms with Gasteiger partial charge in [0.15, 0.2) is 0 Å². The molecule has 2 atom stereocenters. The van der Waals surface area contributed by atoms with Crippen LogP contribution in [-0.4, -0.2) is 37.6 Å². The molecule has 0 saturated heterocycles. The molecule has 1 aliphatic rings. The van der Waals surface area contributed by atoms with E-state index in [0.29, 0.717) is 12.1 Å². The molecule has 134 valence electrons. The molecule has 0 bridgehead atoms. The second-order valence-electron chi connectivity index (χ2n) is 6.22. The smallest absolute Gasteiger partial charge is 0.269 e. The van der Waals surface area contributed by atoms with E-state index in [2.05, 4.69) is 26.1 Å². The quantitative estimate of drug-likeness (QED) is 0.550. The van der Waals surface area contributed by atoms with Crippen molar-refractivity contribution >= 4 is 22.9 Å². The lowest BCUT2D eigenvalue weighted by atomic mass is 10.0. The van der Waals surface area contributed by atoms with Crippen molar-refractivity contribution in [2.75, 3.05) is 6.54 Å². The number of hydrogen-bond acceptors (Lipinski definition) is 7. The van der Waals surface area contributed by atoms with Crippen LogP contribution in [-0.2, 0) is 0 Å². The Hall–Kier alpha value is -3.80. The van der Waals surface area contributed by atoms with Crippen molar-refractivity contribution in [1.29, 1.82) is 5.26 Å². The SMILES string of the molecule is N#CCC(c1cccc([N+](=O)[O-])c1)N1CC(c2ncnc3[nH]ccc23)C=N1. The normalized spacial score (nSPS) is 17.1. The van der Waals surface area contributed by atoms with E-state index in [4.69, 9.17) is 0 Å². The van der Waals surface area contributed by atoms with Crippen LogP contribution in [0.3, 0.4) is 0 Å². The molecule has 27 heavy (non-hydrogen) atoms. The van der Waals surface area contributed by atoms with Gasteiger partial charge in [0.05, 0.1) is 41.6 Å². The van der Waals surface area contributed by atoms with E-state index in [-0.39, 0.29) is 24.1 Å². The molecular weight excluding hydrogens is 346 g/mol. The van der Waals surface area contributed by atoms with Gasteiger partial charge in [-0.1, -0.05) is 12.1 Å². The Morgan fingerprint density at radius 1 is 1.41 bits per heavy atom. The van der Waals surface area contributed by atoms with Crippen LogP contribution in [0.4, 0.5) is 5.69 Å². The molecule has 9 heteroatoms. The molecule has 3 aromatic rings. The number of non-ortho nitro benzene ring substituents is 1. The van der Waals surface area contributed by atoms with Gasteiger partial charge in [0, 0.05) is 29.9 Å². The number of rotatable bonds is 5. The van der Waals surface area contributed by atoms with Crippen molar-refractivity contribution in [3.63, 3.8) is 0 Å². The standard InChI is InChI=1S/C18H15N7O2/c19-6-4-16(12-2-1-3-14(8-12)25(26)27)24-10-13(9-23-24)17-15-5-7-20-18(15)22-11-21-17/h1-3,5,7-9,11,13,16H,4,10H2,(H,20,21,22). The van der Waals surface area contributed by atoms with E-state index in [1.54, 1.807) is 23.4 Å². The highest BCUT2D eigenvalue weighted by Crippen LogP contribution is 2.33. The topological polar surface area (TPSA) is 124 Å². The number of hydrazone groups is 1. The Morgan fingerprint density at radius 2 is 2.30 bits per heavy atom. The van der Waals surface area contributed by atoms with Crippen LogP contribution in [0, 0.1) is 21.4 Å². The lowest BCUT2D eigenvalue weighted by Gasteiger charge is -2.25. The first-order chi connectivity index (χ1) is 13.2. The molecule has 0 spiro atoms. The third-order valence-electron chi connectivity index (χ3n) is 4.62. The number of fused-ring (bicyclic) bond motifs is 1. The van der Waals surface area contributed by atoms with Gasteiger partial charge in [-0.3, -0.25) is 15.1 Å². The molecule has 1 aliphatic heterocycles. The summed E-state index contributed by atoms with van der Waals surface area (Å²) >= 11 is 0. The van der Waals surface area contributed by atoms with E-state index < -0.39 is 4.92 Å². The summed E-state index contributed by atoms with van der Waals surface area (Å²) in [6.07, 6.45) is 5.30. The number of aromatic amines is 1. The minimum absolute atomic E-state index is 0.00000188. The minimum atomic E-state index is -0.438. The summed E-state index contributed by atoms with van der Waals surface area (Å²) < 4.78 is 0. The second kappa shape index (κ2) is 6.84. The highest BCUT2D eigenvalue weighted by atomic mass is 16.6. The first-order valence-corrected chi connectivity index (χ1v) is 8.37. The van der Waals surface area contributed by atoms with Gasteiger partial charge in [-0.05, 0) is 11.6 Å². The maximum atomic E-state index is 11.1. The Morgan fingerprint density at radius 3 is 3.11 bits per heavy atom. The second-order valence-corrected chi connectivity index (χ2v) is 6.22. The zero-order valence-corrected chi connectivity index (χ0v) is 14.2. The number of aromatic nitrogens is 3. The molecule has 1 N–H and O–H groups in total. The van der Waals surface area contributed by atoms with Crippen LogP contribution >= 0.6 is 0 Å². The number of hydrogen-bond donors (Lipinski definition) is 1. The monoisotopic (exact) mass is 361 g/mol. The highest BCUT2D eigenvalue weighted by molar-refractivity contribution is 5.83. The van der Waals surface area contributed by atoms with Crippen molar-refractivity contribution in [2.45, 2.75) is 18.4 Å². The van der Waals surface area contributed by atoms with Gasteiger partial charge >= 0.3 is 0 Å². The number of nitriles is 1. The highest BCUT2D eigenvalue weighted by Gasteiger charge is 2.29. The fourth-order valence-corrected chi connectivity index (χ4v) is 3.34. The van der Waals surface area contributed by atoms with Crippen LogP contribution < -0.4 is 0 Å². The molecule has 4 rings (SSSR count). The van der Waals surface area contributed by atoms with E-state index in [1.807, 2.05) is 12.3 Å². The Kier molecular flexibility index (Phi) is 4.22. The van der Waals surface area contributed by atoms with Crippen molar-refractivity contribution in [2.24, 2.45) is 5.10 Å². The predicted octanol–water partition coefficient (Wildman–Crippen LogP) is 2.91. The van der Waals surface area contributed by atoms with Crippen molar-refractivity contribution < 1.29 is 4.92 Å². The van der Waals surface area contributed by atoms with Gasteiger partial charge in [0.1, 0.15) is 12.0 Å². The first kappa shape index (κ1) is 16.7. The van der Waals surface area contributed by atoms with Crippen molar-refractivity contribution in [1.82, 2.24) is 20.0 Å². The van der Waals surface area contributed by atoms with Gasteiger partial charge < -0.3 is 4.98 Å². The van der Waals surface area contributed by atoms with Crippen molar-refractivity contribution in [3.8, 4) is 6.07 Å². The van der Waals surface area contributed by atoms with Crippen LogP contribution in [0.1, 0.15) is 29.6 Å². The molecule has 0 radical (unpaired) electrons. The Labute approximate surface area is 154 Å².